The molecule has 4 N–H and O–H groups in total. The lowest BCUT2D eigenvalue weighted by atomic mass is 10.1. The van der Waals surface area contributed by atoms with Crippen LogP contribution in [0, 0.1) is 0 Å². The summed E-state index contributed by atoms with van der Waals surface area (Å²) in [7, 11) is 0. The van der Waals surface area contributed by atoms with E-state index in [2.05, 4.69) is 61.9 Å². The summed E-state index contributed by atoms with van der Waals surface area (Å²) in [4.78, 5) is 47.3. The van der Waals surface area contributed by atoms with E-state index in [1.807, 2.05) is 18.2 Å². The smallest absolute Gasteiger partial charge is 0.407 e. The number of aliphatic carboxylic acids is 1. The summed E-state index contributed by atoms with van der Waals surface area (Å²) >= 11 is 1.41. The molecule has 220 valence electrons. The van der Waals surface area contributed by atoms with Crippen LogP contribution >= 0.6 is 11.8 Å². The molecular formula is C30H43N3O6S. The van der Waals surface area contributed by atoms with Gasteiger partial charge in [-0.1, -0.05) is 65.3 Å². The Morgan fingerprint density at radius 2 is 1.50 bits per heavy atom. The highest BCUT2D eigenvalue weighted by Gasteiger charge is 2.20. The molecule has 0 fully saturated rings. The molecule has 0 radical (unpaired) electrons. The maximum atomic E-state index is 12.1. The number of nitrogens with one attached hydrogen (secondary N) is 3. The maximum Gasteiger partial charge on any atom is 0.407 e. The third kappa shape index (κ3) is 17.9. The van der Waals surface area contributed by atoms with Gasteiger partial charge in [0.2, 0.25) is 11.8 Å². The number of ether oxygens (including phenoxy) is 1. The Morgan fingerprint density at radius 3 is 2.15 bits per heavy atom. The van der Waals surface area contributed by atoms with Crippen molar-refractivity contribution in [3.8, 4) is 0 Å². The Kier molecular flexibility index (Phi) is 17.6. The normalized spacial score (nSPS) is 12.2. The van der Waals surface area contributed by atoms with E-state index in [1.54, 1.807) is 12.1 Å². The highest BCUT2D eigenvalue weighted by Crippen LogP contribution is 2.13. The minimum atomic E-state index is -1.15. The molecule has 10 heteroatoms. The van der Waals surface area contributed by atoms with Crippen molar-refractivity contribution in [2.75, 3.05) is 24.6 Å². The van der Waals surface area contributed by atoms with E-state index in [0.717, 1.165) is 31.2 Å². The molecule has 0 aromatic heterocycles. The zero-order chi connectivity index (χ0) is 29.8. The van der Waals surface area contributed by atoms with Gasteiger partial charge in [-0.25, -0.2) is 9.59 Å². The number of hydrogen-bond acceptors (Lipinski definition) is 6. The zero-order valence-electron chi connectivity index (χ0n) is 24.0. The Balaban J connectivity index is 2.26. The Hall–Kier alpha value is -3.53. The van der Waals surface area contributed by atoms with E-state index < -0.39 is 36.5 Å². The molecule has 1 aromatic rings. The van der Waals surface area contributed by atoms with Crippen molar-refractivity contribution >= 4 is 35.6 Å². The number of carboxylic acid groups (broad SMARTS) is 1. The van der Waals surface area contributed by atoms with Gasteiger partial charge in [0.1, 0.15) is 19.2 Å². The second-order valence-electron chi connectivity index (χ2n) is 9.65. The van der Waals surface area contributed by atoms with Crippen LogP contribution in [0.5, 0.6) is 0 Å². The lowest BCUT2D eigenvalue weighted by Gasteiger charge is -2.14. The molecule has 0 aliphatic carbocycles. The first-order chi connectivity index (χ1) is 19.1. The van der Waals surface area contributed by atoms with Crippen molar-refractivity contribution in [2.45, 2.75) is 66.0 Å². The third-order valence-corrected chi connectivity index (χ3v) is 6.61. The fourth-order valence-corrected chi connectivity index (χ4v) is 4.31. The standard InChI is InChI=1S/C30H43N3O6S/c1-22(2)10-8-11-23(3)12-9-13-24(4)16-17-40-21-26(29(36)37)33-28(35)19-31-27(34)18-32-30(38)39-20-25-14-6-5-7-15-25/h5-7,10,12,14-16,26H,8-9,11,13,17-21H2,1-4H3,(H,31,34)(H,32,38)(H,33,35)(H,36,37)/b23-12+,24-16+/t26-/m0/s1. The first-order valence-electron chi connectivity index (χ1n) is 13.3. The van der Waals surface area contributed by atoms with Gasteiger partial charge in [-0.05, 0) is 58.9 Å². The first kappa shape index (κ1) is 34.5. The summed E-state index contributed by atoms with van der Waals surface area (Å²) in [5.41, 5.74) is 4.76. The molecule has 0 aliphatic rings. The number of alkyl carbamates (subject to hydrolysis) is 1. The minimum absolute atomic E-state index is 0.0643. The zero-order valence-corrected chi connectivity index (χ0v) is 24.8. The molecule has 40 heavy (non-hydrogen) atoms. The van der Waals surface area contributed by atoms with Gasteiger partial charge in [0.05, 0.1) is 6.54 Å². The van der Waals surface area contributed by atoms with Crippen molar-refractivity contribution < 1.29 is 29.0 Å². The van der Waals surface area contributed by atoms with Crippen molar-refractivity contribution in [3.63, 3.8) is 0 Å². The van der Waals surface area contributed by atoms with Gasteiger partial charge < -0.3 is 25.8 Å². The number of hydrogen-bond donors (Lipinski definition) is 4. The topological polar surface area (TPSA) is 134 Å². The summed E-state index contributed by atoms with van der Waals surface area (Å²) in [5.74, 6) is -1.56. The van der Waals surface area contributed by atoms with Crippen LogP contribution in [0.15, 0.2) is 65.3 Å². The number of carbonyl (C=O) groups is 4. The number of carboxylic acids is 1. The molecule has 0 aliphatic heterocycles. The molecule has 0 spiro atoms. The third-order valence-electron chi connectivity index (χ3n) is 5.64. The minimum Gasteiger partial charge on any atom is -0.480 e. The fourth-order valence-electron chi connectivity index (χ4n) is 3.31. The monoisotopic (exact) mass is 573 g/mol. The second kappa shape index (κ2) is 20.4. The van der Waals surface area contributed by atoms with Crippen LogP contribution in [-0.4, -0.2) is 59.6 Å². The molecule has 0 bridgehead atoms. The van der Waals surface area contributed by atoms with Gasteiger partial charge in [-0.15, -0.1) is 0 Å². The molecule has 0 saturated heterocycles. The lowest BCUT2D eigenvalue weighted by molar-refractivity contribution is -0.141. The average Bonchev–Trinajstić information content (AvgIpc) is 2.91. The molecule has 1 aromatic carbocycles. The predicted octanol–water partition coefficient (Wildman–Crippen LogP) is 4.75. The van der Waals surface area contributed by atoms with Crippen LogP contribution in [0.1, 0.15) is 58.9 Å². The van der Waals surface area contributed by atoms with E-state index in [9.17, 15) is 24.3 Å². The van der Waals surface area contributed by atoms with E-state index in [4.69, 9.17) is 4.74 Å². The molecule has 0 heterocycles. The number of carbonyl (C=O) groups excluding carboxylic acids is 3. The van der Waals surface area contributed by atoms with Gasteiger partial charge in [-0.2, -0.15) is 11.8 Å². The molecule has 0 saturated carbocycles. The van der Waals surface area contributed by atoms with Gasteiger partial charge in [-0.3, -0.25) is 9.59 Å². The van der Waals surface area contributed by atoms with E-state index in [0.29, 0.717) is 5.75 Å². The van der Waals surface area contributed by atoms with Crippen LogP contribution in [0.25, 0.3) is 0 Å². The van der Waals surface area contributed by atoms with Gasteiger partial charge in [0.15, 0.2) is 0 Å². The molecule has 9 nitrogen and oxygen atoms in total. The molecule has 1 rings (SSSR count). The van der Waals surface area contributed by atoms with Crippen molar-refractivity contribution in [2.24, 2.45) is 0 Å². The summed E-state index contributed by atoms with van der Waals surface area (Å²) in [6.45, 7) is 7.70. The van der Waals surface area contributed by atoms with E-state index in [1.165, 1.54) is 28.5 Å². The molecule has 0 unspecified atom stereocenters. The molecule has 1 atom stereocenters. The van der Waals surface area contributed by atoms with Gasteiger partial charge >= 0.3 is 12.1 Å². The van der Waals surface area contributed by atoms with Crippen molar-refractivity contribution in [3.05, 3.63) is 70.8 Å². The summed E-state index contributed by atoms with van der Waals surface area (Å²) in [6.07, 6.45) is 9.87. The van der Waals surface area contributed by atoms with E-state index in [-0.39, 0.29) is 18.9 Å². The van der Waals surface area contributed by atoms with E-state index >= 15 is 0 Å². The van der Waals surface area contributed by atoms with Crippen LogP contribution in [0.3, 0.4) is 0 Å². The van der Waals surface area contributed by atoms with Crippen LogP contribution < -0.4 is 16.0 Å². The lowest BCUT2D eigenvalue weighted by Crippen LogP contribution is -2.48. The number of rotatable bonds is 18. The Bertz CT molecular complexity index is 1050. The van der Waals surface area contributed by atoms with Gasteiger partial charge in [0, 0.05) is 11.5 Å². The SMILES string of the molecule is CC(C)=CCC/C(C)=C/CC/C(C)=C/CSC[C@H](NC(=O)CNC(=O)CNC(=O)OCc1ccccc1)C(=O)O. The summed E-state index contributed by atoms with van der Waals surface area (Å²) in [5, 5.41) is 16.5. The van der Waals surface area contributed by atoms with Gasteiger partial charge in [0.25, 0.3) is 0 Å². The number of amides is 3. The van der Waals surface area contributed by atoms with Crippen LogP contribution in [0.4, 0.5) is 4.79 Å². The van der Waals surface area contributed by atoms with Crippen molar-refractivity contribution in [1.29, 1.82) is 0 Å². The largest absolute Gasteiger partial charge is 0.480 e. The molecular weight excluding hydrogens is 530 g/mol. The summed E-state index contributed by atoms with van der Waals surface area (Å²) < 4.78 is 5.01. The number of thioether (sulfide) groups is 1. The Labute approximate surface area is 241 Å². The maximum absolute atomic E-state index is 12.1. The number of allylic oxidation sites excluding steroid dienone is 5. The highest BCUT2D eigenvalue weighted by atomic mass is 32.2. The predicted molar refractivity (Wildman–Crippen MR) is 160 cm³/mol. The first-order valence-corrected chi connectivity index (χ1v) is 14.5. The summed E-state index contributed by atoms with van der Waals surface area (Å²) in [6, 6.07) is 8.00. The fraction of sp³-hybridized carbons (Fsp3) is 0.467. The van der Waals surface area contributed by atoms with Crippen LogP contribution in [-0.2, 0) is 25.7 Å². The van der Waals surface area contributed by atoms with Crippen LogP contribution in [0.2, 0.25) is 0 Å². The Morgan fingerprint density at radius 1 is 0.875 bits per heavy atom. The van der Waals surface area contributed by atoms with Crippen molar-refractivity contribution in [1.82, 2.24) is 16.0 Å². The quantitative estimate of drug-likeness (QED) is 0.147. The second-order valence-corrected chi connectivity index (χ2v) is 10.7. The number of benzene rings is 1. The average molecular weight is 574 g/mol. The molecule has 3 amide bonds. The highest BCUT2D eigenvalue weighted by molar-refractivity contribution is 7.99.